The van der Waals surface area contributed by atoms with Crippen LogP contribution in [0.2, 0.25) is 0 Å². The number of amides is 3. The van der Waals surface area contributed by atoms with Crippen LogP contribution in [-0.4, -0.2) is 48.2 Å². The van der Waals surface area contributed by atoms with Crippen LogP contribution in [0.5, 0.6) is 0 Å². The molecule has 0 aliphatic carbocycles. The summed E-state index contributed by atoms with van der Waals surface area (Å²) in [5, 5.41) is 8.82. The van der Waals surface area contributed by atoms with E-state index in [9.17, 15) is 22.8 Å². The number of nitrogens with one attached hydrogen (secondary N) is 1. The van der Waals surface area contributed by atoms with Gasteiger partial charge in [0.2, 0.25) is 0 Å². The first kappa shape index (κ1) is 27.0. The molecule has 4 rings (SSSR count). The fourth-order valence-electron chi connectivity index (χ4n) is 4.43. The van der Waals surface area contributed by atoms with Gasteiger partial charge in [0.25, 0.3) is 5.91 Å². The molecular formula is C28H29F3N4O3. The third kappa shape index (κ3) is 6.25. The van der Waals surface area contributed by atoms with E-state index in [0.717, 1.165) is 24.2 Å². The molecule has 38 heavy (non-hydrogen) atoms. The number of hydrogen-bond donors (Lipinski definition) is 2. The van der Waals surface area contributed by atoms with Gasteiger partial charge in [-0.25, -0.2) is 10.3 Å². The van der Waals surface area contributed by atoms with Crippen LogP contribution < -0.4 is 15.3 Å². The molecule has 7 nitrogen and oxygen atoms in total. The molecule has 0 radical (unpaired) electrons. The number of benzene rings is 3. The first-order valence-corrected chi connectivity index (χ1v) is 12.3. The van der Waals surface area contributed by atoms with Gasteiger partial charge in [-0.1, -0.05) is 37.3 Å². The summed E-state index contributed by atoms with van der Waals surface area (Å²) in [6, 6.07) is 18.7. The lowest BCUT2D eigenvalue weighted by atomic mass is 10.1. The average molecular weight is 527 g/mol. The third-order valence-electron chi connectivity index (χ3n) is 6.61. The fraction of sp³-hybridized carbons (Fsp3) is 0.286. The molecular weight excluding hydrogens is 497 g/mol. The van der Waals surface area contributed by atoms with E-state index in [2.05, 4.69) is 24.0 Å². The minimum absolute atomic E-state index is 0.0000720. The Balaban J connectivity index is 1.56. The molecule has 3 aromatic carbocycles. The summed E-state index contributed by atoms with van der Waals surface area (Å²) in [4.78, 5) is 30.5. The van der Waals surface area contributed by atoms with Gasteiger partial charge in [-0.05, 0) is 60.0 Å². The fourth-order valence-corrected chi connectivity index (χ4v) is 4.43. The summed E-state index contributed by atoms with van der Waals surface area (Å²) >= 11 is 0. The second-order valence-electron chi connectivity index (χ2n) is 9.05. The van der Waals surface area contributed by atoms with Crippen LogP contribution in [-0.2, 0) is 19.1 Å². The van der Waals surface area contributed by atoms with E-state index >= 15 is 0 Å². The Hall–Kier alpha value is -4.05. The normalized spacial score (nSPS) is 13.8. The van der Waals surface area contributed by atoms with E-state index < -0.39 is 23.7 Å². The van der Waals surface area contributed by atoms with Crippen LogP contribution in [0, 0.1) is 0 Å². The van der Waals surface area contributed by atoms with E-state index in [4.69, 9.17) is 5.21 Å². The van der Waals surface area contributed by atoms with Gasteiger partial charge >= 0.3 is 12.2 Å². The highest BCUT2D eigenvalue weighted by Gasteiger charge is 2.32. The Morgan fingerprint density at radius 1 is 0.921 bits per heavy atom. The van der Waals surface area contributed by atoms with Crippen molar-refractivity contribution in [3.63, 3.8) is 0 Å². The van der Waals surface area contributed by atoms with Gasteiger partial charge in [0.05, 0.1) is 12.1 Å². The Bertz CT molecular complexity index is 1270. The van der Waals surface area contributed by atoms with Crippen molar-refractivity contribution in [2.75, 3.05) is 36.0 Å². The molecule has 1 aliphatic rings. The number of aryl methyl sites for hydroxylation is 1. The van der Waals surface area contributed by atoms with Crippen molar-refractivity contribution in [2.45, 2.75) is 26.1 Å². The molecule has 1 fully saturated rings. The van der Waals surface area contributed by atoms with Crippen LogP contribution >= 0.6 is 0 Å². The smallest absolute Gasteiger partial charge is 0.368 e. The van der Waals surface area contributed by atoms with E-state index in [1.54, 1.807) is 22.5 Å². The number of rotatable bonds is 6. The van der Waals surface area contributed by atoms with Gasteiger partial charge in [-0.3, -0.25) is 14.9 Å². The molecule has 200 valence electrons. The van der Waals surface area contributed by atoms with Crippen molar-refractivity contribution in [1.82, 2.24) is 10.4 Å². The van der Waals surface area contributed by atoms with Crippen molar-refractivity contribution in [2.24, 2.45) is 0 Å². The maximum atomic E-state index is 13.7. The molecule has 10 heteroatoms. The molecule has 0 spiro atoms. The first-order chi connectivity index (χ1) is 18.2. The van der Waals surface area contributed by atoms with E-state index in [1.165, 1.54) is 34.7 Å². The predicted octanol–water partition coefficient (Wildman–Crippen LogP) is 5.34. The molecule has 0 bridgehead atoms. The van der Waals surface area contributed by atoms with Gasteiger partial charge in [-0.2, -0.15) is 13.2 Å². The zero-order chi connectivity index (χ0) is 27.3. The van der Waals surface area contributed by atoms with Crippen LogP contribution in [0.25, 0.3) is 0 Å². The Kier molecular flexibility index (Phi) is 8.21. The number of nitrogens with zero attached hydrogens (tertiary/aromatic N) is 3. The number of hydrogen-bond acceptors (Lipinski definition) is 4. The minimum atomic E-state index is -4.55. The number of anilines is 2. The molecule has 0 aromatic heterocycles. The Morgan fingerprint density at radius 3 is 2.24 bits per heavy atom. The number of urea groups is 1. The number of alkyl halides is 3. The Morgan fingerprint density at radius 2 is 1.61 bits per heavy atom. The molecule has 1 aliphatic heterocycles. The van der Waals surface area contributed by atoms with Crippen molar-refractivity contribution >= 4 is 23.3 Å². The highest BCUT2D eigenvalue weighted by molar-refractivity contribution is 5.94. The van der Waals surface area contributed by atoms with Gasteiger partial charge in [0, 0.05) is 43.1 Å². The number of carbonyl (C=O) groups is 2. The lowest BCUT2D eigenvalue weighted by Crippen LogP contribution is -2.53. The van der Waals surface area contributed by atoms with Gasteiger partial charge in [0.1, 0.15) is 0 Å². The lowest BCUT2D eigenvalue weighted by Gasteiger charge is -2.38. The summed E-state index contributed by atoms with van der Waals surface area (Å²) < 4.78 is 40.3. The molecule has 2 N–H and O–H groups in total. The van der Waals surface area contributed by atoms with Crippen LogP contribution in [0.15, 0.2) is 72.8 Å². The number of carbonyl (C=O) groups excluding carboxylic acids is 2. The zero-order valence-electron chi connectivity index (χ0n) is 20.9. The maximum Gasteiger partial charge on any atom is 0.416 e. The van der Waals surface area contributed by atoms with E-state index in [1.807, 2.05) is 12.1 Å². The molecule has 3 aromatic rings. The number of halogens is 3. The summed E-state index contributed by atoms with van der Waals surface area (Å²) in [5.41, 5.74) is 3.95. The summed E-state index contributed by atoms with van der Waals surface area (Å²) in [6.45, 7) is 4.12. The highest BCUT2D eigenvalue weighted by atomic mass is 19.4. The standard InChI is InChI=1S/C28H29F3N4O3/c1-2-20-5-3-7-24(17-20)33-13-15-34(16-14-33)27(37)35(25-8-4-6-23(18-25)28(29,30)31)19-21-9-11-22(12-10-21)26(36)32-38/h3-12,17-18,38H,2,13-16,19H2,1H3,(H,32,36). The second-order valence-corrected chi connectivity index (χ2v) is 9.05. The second kappa shape index (κ2) is 11.6. The van der Waals surface area contributed by atoms with Crippen molar-refractivity contribution < 1.29 is 28.0 Å². The monoisotopic (exact) mass is 526 g/mol. The predicted molar refractivity (Wildman–Crippen MR) is 138 cm³/mol. The van der Waals surface area contributed by atoms with Crippen molar-refractivity contribution in [3.05, 3.63) is 95.1 Å². The van der Waals surface area contributed by atoms with Crippen LogP contribution in [0.1, 0.15) is 34.0 Å². The first-order valence-electron chi connectivity index (χ1n) is 12.3. The molecule has 0 unspecified atom stereocenters. The molecule has 3 amide bonds. The number of hydroxylamine groups is 1. The van der Waals surface area contributed by atoms with E-state index in [-0.39, 0.29) is 17.8 Å². The summed E-state index contributed by atoms with van der Waals surface area (Å²) in [5.74, 6) is -0.690. The highest BCUT2D eigenvalue weighted by Crippen LogP contribution is 2.32. The van der Waals surface area contributed by atoms with Gasteiger partial charge in [0.15, 0.2) is 0 Å². The van der Waals surface area contributed by atoms with Gasteiger partial charge < -0.3 is 9.80 Å². The van der Waals surface area contributed by atoms with Gasteiger partial charge in [-0.15, -0.1) is 0 Å². The zero-order valence-corrected chi connectivity index (χ0v) is 20.9. The minimum Gasteiger partial charge on any atom is -0.368 e. The number of piperazine rings is 1. The van der Waals surface area contributed by atoms with Crippen LogP contribution in [0.3, 0.4) is 0 Å². The molecule has 0 atom stereocenters. The van der Waals surface area contributed by atoms with E-state index in [0.29, 0.717) is 31.7 Å². The van der Waals surface area contributed by atoms with Crippen LogP contribution in [0.4, 0.5) is 29.3 Å². The molecule has 1 saturated heterocycles. The summed E-state index contributed by atoms with van der Waals surface area (Å²) in [7, 11) is 0. The average Bonchev–Trinajstić information content (AvgIpc) is 2.95. The summed E-state index contributed by atoms with van der Waals surface area (Å²) in [6.07, 6.45) is -3.63. The quantitative estimate of drug-likeness (QED) is 0.336. The maximum absolute atomic E-state index is 13.7. The van der Waals surface area contributed by atoms with Crippen molar-refractivity contribution in [3.8, 4) is 0 Å². The molecule has 1 heterocycles. The largest absolute Gasteiger partial charge is 0.416 e. The third-order valence-corrected chi connectivity index (χ3v) is 6.61. The van der Waals surface area contributed by atoms with Crippen molar-refractivity contribution in [1.29, 1.82) is 0 Å². The lowest BCUT2D eigenvalue weighted by molar-refractivity contribution is -0.137. The topological polar surface area (TPSA) is 76.1 Å². The molecule has 0 saturated carbocycles. The SMILES string of the molecule is CCc1cccc(N2CCN(C(=O)N(Cc3ccc(C(=O)NO)cc3)c3cccc(C(F)(F)F)c3)CC2)c1. The Labute approximate surface area is 219 Å².